The van der Waals surface area contributed by atoms with Crippen LogP contribution in [-0.2, 0) is 62.6 Å². The first kappa shape index (κ1) is 45.1. The smallest absolute Gasteiger partial charge is 0.333 e. The fourth-order valence-electron chi connectivity index (χ4n) is 6.25. The van der Waals surface area contributed by atoms with Gasteiger partial charge < -0.3 is 79.4 Å². The quantitative estimate of drug-likeness (QED) is 0.0482. The maximum Gasteiger partial charge on any atom is 0.333 e. The molecule has 12 N–H and O–H groups in total. The SMILES string of the molecule is CCOC1OC(COCC(=O)O)C(OC2OC(CO)C(OC3OC(COCC(=O)O)C(CC)C(O)C3N)C(O)C2NCC(=O)O)C(O)C1NS(=O)(=O)O. The largest absolute Gasteiger partial charge is 0.480 e. The molecule has 53 heavy (non-hydrogen) atoms. The summed E-state index contributed by atoms with van der Waals surface area (Å²) in [5, 5.41) is 74.2. The Hall–Kier alpha value is -2.28. The van der Waals surface area contributed by atoms with Crippen LogP contribution in [0.1, 0.15) is 20.3 Å². The maximum atomic E-state index is 11.8. The molecule has 3 fully saturated rings. The van der Waals surface area contributed by atoms with Crippen LogP contribution < -0.4 is 15.8 Å². The zero-order valence-electron chi connectivity index (χ0n) is 28.7. The summed E-state index contributed by atoms with van der Waals surface area (Å²) < 4.78 is 80.0. The minimum atomic E-state index is -5.02. The average molecular weight is 796 g/mol. The van der Waals surface area contributed by atoms with Crippen molar-refractivity contribution in [2.24, 2.45) is 11.7 Å². The van der Waals surface area contributed by atoms with Gasteiger partial charge in [-0.3, -0.25) is 14.7 Å². The van der Waals surface area contributed by atoms with E-state index in [0.29, 0.717) is 6.42 Å². The Morgan fingerprint density at radius 1 is 0.755 bits per heavy atom. The highest BCUT2D eigenvalue weighted by Crippen LogP contribution is 2.34. The van der Waals surface area contributed by atoms with E-state index in [9.17, 15) is 52.9 Å². The topological polar surface area (TPSA) is 371 Å². The lowest BCUT2D eigenvalue weighted by molar-refractivity contribution is -0.351. The van der Waals surface area contributed by atoms with Crippen molar-refractivity contribution in [2.75, 3.05) is 46.2 Å². The van der Waals surface area contributed by atoms with Crippen LogP contribution in [-0.4, -0.2) is 199 Å². The average Bonchev–Trinajstić information content (AvgIpc) is 3.06. The monoisotopic (exact) mass is 795 g/mol. The van der Waals surface area contributed by atoms with Crippen molar-refractivity contribution in [2.45, 2.75) is 106 Å². The van der Waals surface area contributed by atoms with Gasteiger partial charge in [-0.15, -0.1) is 0 Å². The van der Waals surface area contributed by atoms with Crippen LogP contribution in [0.25, 0.3) is 0 Å². The van der Waals surface area contributed by atoms with Crippen molar-refractivity contribution >= 4 is 28.2 Å². The van der Waals surface area contributed by atoms with Gasteiger partial charge in [0.2, 0.25) is 0 Å². The van der Waals surface area contributed by atoms with Crippen molar-refractivity contribution in [1.29, 1.82) is 0 Å². The van der Waals surface area contributed by atoms with E-state index in [1.54, 1.807) is 11.6 Å². The Labute approximate surface area is 303 Å². The summed E-state index contributed by atoms with van der Waals surface area (Å²) in [4.78, 5) is 33.7. The molecule has 3 saturated heterocycles. The predicted molar refractivity (Wildman–Crippen MR) is 169 cm³/mol. The molecule has 15 atom stereocenters. The van der Waals surface area contributed by atoms with Crippen LogP contribution in [0.15, 0.2) is 0 Å². The van der Waals surface area contributed by atoms with Gasteiger partial charge in [-0.2, -0.15) is 13.1 Å². The van der Waals surface area contributed by atoms with Crippen LogP contribution >= 0.6 is 0 Å². The van der Waals surface area contributed by atoms with E-state index >= 15 is 0 Å². The summed E-state index contributed by atoms with van der Waals surface area (Å²) >= 11 is 0. The maximum absolute atomic E-state index is 11.8. The number of ether oxygens (including phenoxy) is 8. The van der Waals surface area contributed by atoms with Gasteiger partial charge in [0.05, 0.1) is 50.7 Å². The molecule has 0 aromatic heterocycles. The lowest BCUT2D eigenvalue weighted by Gasteiger charge is -2.50. The Balaban J connectivity index is 1.93. The molecule has 3 rings (SSSR count). The zero-order chi connectivity index (χ0) is 39.6. The van der Waals surface area contributed by atoms with Crippen LogP contribution in [0.4, 0.5) is 0 Å². The molecular weight excluding hydrogens is 746 g/mol. The number of carbonyl (C=O) groups is 3. The van der Waals surface area contributed by atoms with Gasteiger partial charge in [0.1, 0.15) is 55.9 Å². The van der Waals surface area contributed by atoms with E-state index in [0.717, 1.165) is 0 Å². The van der Waals surface area contributed by atoms with Gasteiger partial charge in [0.25, 0.3) is 0 Å². The molecule has 24 nitrogen and oxygen atoms in total. The second-order valence-corrected chi connectivity index (χ2v) is 13.5. The Morgan fingerprint density at radius 3 is 1.81 bits per heavy atom. The molecule has 0 spiro atoms. The number of carboxylic acids is 3. The molecule has 308 valence electrons. The number of aliphatic hydroxyl groups is 4. The predicted octanol–water partition coefficient (Wildman–Crippen LogP) is -5.60. The summed E-state index contributed by atoms with van der Waals surface area (Å²) in [6.07, 6.45) is -16.9. The molecule has 0 aliphatic carbocycles. The molecule has 0 amide bonds. The first-order chi connectivity index (χ1) is 24.9. The van der Waals surface area contributed by atoms with Crippen molar-refractivity contribution in [1.82, 2.24) is 10.0 Å². The van der Waals surface area contributed by atoms with E-state index in [-0.39, 0.29) is 13.2 Å². The normalized spacial score (nSPS) is 38.0. The van der Waals surface area contributed by atoms with Gasteiger partial charge in [-0.05, 0) is 13.3 Å². The van der Waals surface area contributed by atoms with Gasteiger partial charge in [0.15, 0.2) is 18.9 Å². The highest BCUT2D eigenvalue weighted by Gasteiger charge is 2.54. The minimum absolute atomic E-state index is 0.0887. The highest BCUT2D eigenvalue weighted by atomic mass is 32.2. The summed E-state index contributed by atoms with van der Waals surface area (Å²) in [5.41, 5.74) is 6.23. The molecule has 0 bridgehead atoms. The fourth-order valence-corrected chi connectivity index (χ4v) is 6.85. The molecular formula is C28H49N3O21S. The molecule has 0 aromatic rings. The van der Waals surface area contributed by atoms with E-state index in [1.165, 1.54) is 6.92 Å². The number of nitrogens with one attached hydrogen (secondary N) is 2. The van der Waals surface area contributed by atoms with Crippen LogP contribution in [0, 0.1) is 5.92 Å². The minimum Gasteiger partial charge on any atom is -0.480 e. The molecule has 0 saturated carbocycles. The second-order valence-electron chi connectivity index (χ2n) is 12.3. The number of aliphatic carboxylic acids is 3. The summed E-state index contributed by atoms with van der Waals surface area (Å²) in [6.45, 7) is -0.987. The Kier molecular flexibility index (Phi) is 17.5. The third-order valence-corrected chi connectivity index (χ3v) is 9.20. The van der Waals surface area contributed by atoms with Gasteiger partial charge in [-0.1, -0.05) is 6.92 Å². The van der Waals surface area contributed by atoms with Crippen molar-refractivity contribution in [3.63, 3.8) is 0 Å². The van der Waals surface area contributed by atoms with Gasteiger partial charge in [0, 0.05) is 12.5 Å². The molecule has 3 aliphatic heterocycles. The number of nitrogens with two attached hydrogens (primary N) is 1. The Bertz CT molecular complexity index is 1300. The fraction of sp³-hybridized carbons (Fsp3) is 0.893. The number of hydrogen-bond donors (Lipinski definition) is 11. The first-order valence-electron chi connectivity index (χ1n) is 16.5. The Morgan fingerprint density at radius 2 is 1.28 bits per heavy atom. The van der Waals surface area contributed by atoms with Crippen molar-refractivity contribution in [3.8, 4) is 0 Å². The summed E-state index contributed by atoms with van der Waals surface area (Å²) in [6, 6.07) is -4.61. The van der Waals surface area contributed by atoms with Crippen molar-refractivity contribution in [3.05, 3.63) is 0 Å². The summed E-state index contributed by atoms with van der Waals surface area (Å²) in [7, 11) is -5.02. The molecule has 3 heterocycles. The van der Waals surface area contributed by atoms with E-state index in [4.69, 9.17) is 53.8 Å². The number of hydrogen-bond acceptors (Lipinski definition) is 19. The lowest BCUT2D eigenvalue weighted by Crippen LogP contribution is -2.70. The van der Waals surface area contributed by atoms with E-state index < -0.39 is 153 Å². The van der Waals surface area contributed by atoms with E-state index in [1.807, 2.05) is 0 Å². The number of rotatable bonds is 21. The number of aliphatic hydroxyl groups excluding tert-OH is 4. The van der Waals surface area contributed by atoms with Crippen LogP contribution in [0.5, 0.6) is 0 Å². The summed E-state index contributed by atoms with van der Waals surface area (Å²) in [5.74, 6) is -4.67. The third kappa shape index (κ3) is 12.6. The third-order valence-electron chi connectivity index (χ3n) is 8.63. The molecule has 3 aliphatic rings. The van der Waals surface area contributed by atoms with Crippen LogP contribution in [0.3, 0.4) is 0 Å². The lowest BCUT2D eigenvalue weighted by atomic mass is 9.86. The molecule has 0 radical (unpaired) electrons. The number of carboxylic acid groups (broad SMARTS) is 3. The van der Waals surface area contributed by atoms with Crippen molar-refractivity contribution < 1.29 is 101 Å². The first-order valence-corrected chi connectivity index (χ1v) is 17.9. The zero-order valence-corrected chi connectivity index (χ0v) is 29.5. The standard InChI is InChI=1S/C28H49N3O21S/c1-3-11-13(7-45-9-16(35)36)49-26(18(29)21(11)39)51-24-12(6-32)48-28(19(22(24)40)30-5-15(33)34)52-25-14(8-46-10-17(37)38)50-27(47-4-2)20(23(25)41)31-53(42,43)44/h11-14,18-28,30-32,39-41H,3-10,29H2,1-2H3,(H,33,34)(H,35,36)(H,37,38)(H,42,43,44). The van der Waals surface area contributed by atoms with Gasteiger partial charge in [-0.25, -0.2) is 9.59 Å². The molecule has 0 aromatic carbocycles. The highest BCUT2D eigenvalue weighted by molar-refractivity contribution is 7.83. The second kappa shape index (κ2) is 20.6. The molecule has 25 heteroatoms. The van der Waals surface area contributed by atoms with E-state index in [2.05, 4.69) is 5.32 Å². The van der Waals surface area contributed by atoms with Gasteiger partial charge >= 0.3 is 28.2 Å². The molecule has 15 unspecified atom stereocenters. The van der Waals surface area contributed by atoms with Crippen LogP contribution in [0.2, 0.25) is 0 Å².